The molecule has 1 aromatic rings. The fraction of sp³-hybridized carbons (Fsp3) is 0.619. The predicted octanol–water partition coefficient (Wildman–Crippen LogP) is 3.37. The van der Waals surface area contributed by atoms with Crippen molar-refractivity contribution in [2.24, 2.45) is 17.8 Å². The Bertz CT molecular complexity index is 641. The van der Waals surface area contributed by atoms with E-state index in [1.54, 1.807) is 11.8 Å². The number of nitrogens with one attached hydrogen (secondary N) is 2. The van der Waals surface area contributed by atoms with E-state index >= 15 is 0 Å². The Morgan fingerprint density at radius 3 is 2.19 bits per heavy atom. The van der Waals surface area contributed by atoms with Crippen molar-refractivity contribution in [3.8, 4) is 0 Å². The van der Waals surface area contributed by atoms with E-state index in [2.05, 4.69) is 10.6 Å². The van der Waals surface area contributed by atoms with Gasteiger partial charge in [-0.25, -0.2) is 0 Å². The first-order chi connectivity index (χ1) is 12.5. The van der Waals surface area contributed by atoms with Gasteiger partial charge >= 0.3 is 0 Å². The lowest BCUT2D eigenvalue weighted by atomic mass is 9.53. The van der Waals surface area contributed by atoms with Crippen molar-refractivity contribution >= 4 is 23.6 Å². The number of rotatable bonds is 6. The quantitative estimate of drug-likeness (QED) is 0.753. The van der Waals surface area contributed by atoms with Crippen molar-refractivity contribution in [3.05, 3.63) is 30.3 Å². The first-order valence-electron chi connectivity index (χ1n) is 9.78. The number of hydrogen-bond acceptors (Lipinski definition) is 3. The number of carbonyl (C=O) groups is 2. The average molecular weight is 373 g/mol. The van der Waals surface area contributed by atoms with Gasteiger partial charge in [0.2, 0.25) is 11.8 Å². The lowest BCUT2D eigenvalue weighted by molar-refractivity contribution is -0.131. The molecule has 4 fully saturated rings. The molecule has 4 aliphatic carbocycles. The molecule has 2 N–H and O–H groups in total. The van der Waals surface area contributed by atoms with Crippen LogP contribution in [0.5, 0.6) is 0 Å². The summed E-state index contributed by atoms with van der Waals surface area (Å²) in [6, 6.07) is 9.55. The van der Waals surface area contributed by atoms with E-state index in [1.807, 2.05) is 30.3 Å². The summed E-state index contributed by atoms with van der Waals surface area (Å²) in [6.07, 6.45) is 7.45. The van der Waals surface area contributed by atoms with Crippen LogP contribution >= 0.6 is 11.8 Å². The van der Waals surface area contributed by atoms with Crippen LogP contribution in [-0.4, -0.2) is 29.1 Å². The first kappa shape index (κ1) is 17.9. The van der Waals surface area contributed by atoms with Crippen LogP contribution in [0.3, 0.4) is 0 Å². The molecule has 5 rings (SSSR count). The highest BCUT2D eigenvalue weighted by molar-refractivity contribution is 7.99. The summed E-state index contributed by atoms with van der Waals surface area (Å²) in [5.74, 6) is 2.77. The molecule has 0 spiro atoms. The summed E-state index contributed by atoms with van der Waals surface area (Å²) >= 11 is 1.62. The second kappa shape index (κ2) is 7.26. The van der Waals surface area contributed by atoms with E-state index in [9.17, 15) is 9.59 Å². The van der Waals surface area contributed by atoms with Gasteiger partial charge in [-0.15, -0.1) is 11.8 Å². The molecule has 140 valence electrons. The fourth-order valence-electron chi connectivity index (χ4n) is 5.74. The standard InChI is InChI=1S/C21H28N2O2S/c1-14(24)22-19(13-26-18-5-3-2-4-6-18)20(25)23-21-10-15-7-16(11-21)9-17(8-15)12-21/h2-6,15-17,19H,7-13H2,1H3,(H,22,24)(H,23,25). The molecule has 26 heavy (non-hydrogen) atoms. The SMILES string of the molecule is CC(=O)NC(CSc1ccccc1)C(=O)NC12CC3CC(CC(C3)C1)C2. The maximum atomic E-state index is 13.0. The minimum atomic E-state index is -0.481. The van der Waals surface area contributed by atoms with Crippen LogP contribution in [0.15, 0.2) is 35.2 Å². The molecule has 2 amide bonds. The van der Waals surface area contributed by atoms with Crippen LogP contribution in [0.2, 0.25) is 0 Å². The van der Waals surface area contributed by atoms with Gasteiger partial charge in [-0.3, -0.25) is 9.59 Å². The van der Waals surface area contributed by atoms with E-state index in [1.165, 1.54) is 26.2 Å². The van der Waals surface area contributed by atoms with E-state index in [0.717, 1.165) is 41.9 Å². The van der Waals surface area contributed by atoms with Crippen LogP contribution in [0, 0.1) is 17.8 Å². The van der Waals surface area contributed by atoms with Crippen LogP contribution < -0.4 is 10.6 Å². The molecule has 0 aromatic heterocycles. The summed E-state index contributed by atoms with van der Waals surface area (Å²) in [4.78, 5) is 25.8. The molecule has 4 bridgehead atoms. The Kier molecular flexibility index (Phi) is 5.00. The van der Waals surface area contributed by atoms with Gasteiger partial charge in [0.1, 0.15) is 6.04 Å². The lowest BCUT2D eigenvalue weighted by Crippen LogP contribution is -2.63. The van der Waals surface area contributed by atoms with Crippen molar-refractivity contribution in [3.63, 3.8) is 0 Å². The van der Waals surface area contributed by atoms with Gasteiger partial charge in [-0.1, -0.05) is 18.2 Å². The van der Waals surface area contributed by atoms with Crippen molar-refractivity contribution in [2.45, 2.75) is 61.9 Å². The molecule has 0 radical (unpaired) electrons. The molecule has 4 nitrogen and oxygen atoms in total. The molecule has 0 heterocycles. The molecule has 5 heteroatoms. The zero-order valence-corrected chi connectivity index (χ0v) is 16.2. The number of amides is 2. The highest BCUT2D eigenvalue weighted by atomic mass is 32.2. The lowest BCUT2D eigenvalue weighted by Gasteiger charge is -2.57. The van der Waals surface area contributed by atoms with Crippen LogP contribution in [0.1, 0.15) is 45.4 Å². The summed E-state index contributed by atoms with van der Waals surface area (Å²) < 4.78 is 0. The third kappa shape index (κ3) is 3.93. The largest absolute Gasteiger partial charge is 0.349 e. The fourth-order valence-corrected chi connectivity index (χ4v) is 6.68. The van der Waals surface area contributed by atoms with Gasteiger partial charge in [0.15, 0.2) is 0 Å². The number of benzene rings is 1. The second-order valence-corrected chi connectivity index (χ2v) is 9.66. The van der Waals surface area contributed by atoms with Crippen molar-refractivity contribution in [1.29, 1.82) is 0 Å². The highest BCUT2D eigenvalue weighted by Crippen LogP contribution is 2.55. The zero-order valence-electron chi connectivity index (χ0n) is 15.4. The van der Waals surface area contributed by atoms with Crippen molar-refractivity contribution < 1.29 is 9.59 Å². The Balaban J connectivity index is 1.42. The van der Waals surface area contributed by atoms with Gasteiger partial charge in [0.05, 0.1) is 0 Å². The van der Waals surface area contributed by atoms with Crippen LogP contribution in [0.25, 0.3) is 0 Å². The molecule has 1 atom stereocenters. The Morgan fingerprint density at radius 1 is 1.08 bits per heavy atom. The first-order valence-corrected chi connectivity index (χ1v) is 10.8. The molecular weight excluding hydrogens is 344 g/mol. The van der Waals surface area contributed by atoms with E-state index in [-0.39, 0.29) is 17.4 Å². The summed E-state index contributed by atoms with van der Waals surface area (Å²) in [7, 11) is 0. The molecule has 0 saturated heterocycles. The Morgan fingerprint density at radius 2 is 1.65 bits per heavy atom. The third-order valence-electron chi connectivity index (χ3n) is 6.28. The van der Waals surface area contributed by atoms with Gasteiger partial charge in [0, 0.05) is 23.1 Å². The van der Waals surface area contributed by atoms with Gasteiger partial charge in [-0.05, 0) is 68.4 Å². The van der Waals surface area contributed by atoms with E-state index < -0.39 is 6.04 Å². The van der Waals surface area contributed by atoms with Crippen LogP contribution in [-0.2, 0) is 9.59 Å². The monoisotopic (exact) mass is 372 g/mol. The Labute approximate surface area is 159 Å². The molecule has 0 aliphatic heterocycles. The maximum Gasteiger partial charge on any atom is 0.243 e. The van der Waals surface area contributed by atoms with E-state index in [4.69, 9.17) is 0 Å². The summed E-state index contributed by atoms with van der Waals surface area (Å²) in [5.41, 5.74) is -0.0139. The van der Waals surface area contributed by atoms with Gasteiger partial charge < -0.3 is 10.6 Å². The Hall–Kier alpha value is -1.49. The molecule has 1 aromatic carbocycles. The zero-order chi connectivity index (χ0) is 18.1. The summed E-state index contributed by atoms with van der Waals surface area (Å²) in [6.45, 7) is 1.48. The minimum absolute atomic E-state index is 0.00872. The minimum Gasteiger partial charge on any atom is -0.349 e. The number of hydrogen-bond donors (Lipinski definition) is 2. The van der Waals surface area contributed by atoms with Gasteiger partial charge in [0.25, 0.3) is 0 Å². The second-order valence-electron chi connectivity index (χ2n) is 8.56. The molecule has 4 saturated carbocycles. The number of carbonyl (C=O) groups excluding carboxylic acids is 2. The number of thioether (sulfide) groups is 1. The normalized spacial score (nSPS) is 32.9. The molecule has 4 aliphatic rings. The summed E-state index contributed by atoms with van der Waals surface area (Å²) in [5, 5.41) is 6.26. The maximum absolute atomic E-state index is 13.0. The predicted molar refractivity (Wildman–Crippen MR) is 104 cm³/mol. The topological polar surface area (TPSA) is 58.2 Å². The molecular formula is C21H28N2O2S. The van der Waals surface area contributed by atoms with E-state index in [0.29, 0.717) is 5.75 Å². The van der Waals surface area contributed by atoms with Crippen molar-refractivity contribution in [2.75, 3.05) is 5.75 Å². The van der Waals surface area contributed by atoms with Crippen LogP contribution in [0.4, 0.5) is 0 Å². The smallest absolute Gasteiger partial charge is 0.243 e. The average Bonchev–Trinajstić information content (AvgIpc) is 2.57. The third-order valence-corrected chi connectivity index (χ3v) is 7.39. The molecule has 1 unspecified atom stereocenters. The highest BCUT2D eigenvalue weighted by Gasteiger charge is 2.51. The van der Waals surface area contributed by atoms with Crippen molar-refractivity contribution in [1.82, 2.24) is 10.6 Å². The van der Waals surface area contributed by atoms with Gasteiger partial charge in [-0.2, -0.15) is 0 Å².